The lowest BCUT2D eigenvalue weighted by molar-refractivity contribution is -0.142. The average molecular weight is 655 g/mol. The molecule has 16 heteroatoms. The minimum absolute atomic E-state index is 0.0258. The van der Waals surface area contributed by atoms with Crippen molar-refractivity contribution < 1.29 is 32.9 Å². The maximum absolute atomic E-state index is 14.1. The van der Waals surface area contributed by atoms with Gasteiger partial charge in [-0.2, -0.15) is 0 Å². The van der Waals surface area contributed by atoms with Crippen molar-refractivity contribution in [2.45, 2.75) is 31.8 Å². The third-order valence-corrected chi connectivity index (χ3v) is 9.43. The number of nitrogens with zero attached hydrogens (tertiary/aromatic N) is 1. The fraction of sp³-hybridized carbons (Fsp3) is 0.333. The highest BCUT2D eigenvalue weighted by Crippen LogP contribution is 2.49. The van der Waals surface area contributed by atoms with Gasteiger partial charge in [0.2, 0.25) is 0 Å². The number of benzene rings is 2. The average Bonchev–Trinajstić information content (AvgIpc) is 2.99. The van der Waals surface area contributed by atoms with Crippen LogP contribution in [0.1, 0.15) is 30.1 Å². The monoisotopic (exact) mass is 654 g/mol. The fourth-order valence-electron chi connectivity index (χ4n) is 4.16. The molecule has 1 fully saturated rings. The zero-order valence-corrected chi connectivity index (χ0v) is 26.1. The highest BCUT2D eigenvalue weighted by Gasteiger charge is 2.39. The summed E-state index contributed by atoms with van der Waals surface area (Å²) in [6, 6.07) is 9.67. The largest absolute Gasteiger partial charge is 0.497 e. The van der Waals surface area contributed by atoms with Crippen molar-refractivity contribution in [3.8, 4) is 11.5 Å². The van der Waals surface area contributed by atoms with Gasteiger partial charge in [0.25, 0.3) is 11.8 Å². The van der Waals surface area contributed by atoms with E-state index in [0.29, 0.717) is 24.3 Å². The molecule has 3 rings (SSSR count). The molecule has 0 spiro atoms. The quantitative estimate of drug-likeness (QED) is 0.129. The first-order valence-corrected chi connectivity index (χ1v) is 15.4. The van der Waals surface area contributed by atoms with Crippen LogP contribution < -0.4 is 30.7 Å². The Balaban J connectivity index is 1.65. The zero-order valence-electron chi connectivity index (χ0n) is 23.7. The molecule has 0 saturated carbocycles. The van der Waals surface area contributed by atoms with Gasteiger partial charge < -0.3 is 30.4 Å². The van der Waals surface area contributed by atoms with Gasteiger partial charge in [-0.15, -0.1) is 0 Å². The molecule has 1 saturated heterocycles. The molecule has 43 heavy (non-hydrogen) atoms. The number of hydrogen-bond donors (Lipinski definition) is 5. The van der Waals surface area contributed by atoms with Crippen LogP contribution in [0.5, 0.6) is 11.5 Å². The number of ether oxygens (including phenoxy) is 2. The Morgan fingerprint density at radius 1 is 1.07 bits per heavy atom. The van der Waals surface area contributed by atoms with Gasteiger partial charge in [0.15, 0.2) is 0 Å². The molecular formula is C27H33Cl2N6O7P. The Morgan fingerprint density at radius 2 is 1.65 bits per heavy atom. The van der Waals surface area contributed by atoms with Crippen LogP contribution in [0.15, 0.2) is 54.4 Å². The number of carbonyl (C=O) groups is 3. The summed E-state index contributed by atoms with van der Waals surface area (Å²) < 4.78 is 31.5. The summed E-state index contributed by atoms with van der Waals surface area (Å²) in [5.41, 5.74) is 4.75. The minimum atomic E-state index is -3.83. The molecule has 1 heterocycles. The molecule has 0 bridgehead atoms. The predicted octanol–water partition coefficient (Wildman–Crippen LogP) is 3.47. The summed E-state index contributed by atoms with van der Waals surface area (Å²) in [6.45, 7) is 1.94. The Kier molecular flexibility index (Phi) is 12.0. The van der Waals surface area contributed by atoms with Crippen molar-refractivity contribution in [3.63, 3.8) is 0 Å². The number of halogens is 2. The number of carbonyl (C=O) groups excluding carboxylic acids is 3. The van der Waals surface area contributed by atoms with Crippen molar-refractivity contribution in [2.24, 2.45) is 5.73 Å². The first kappa shape index (κ1) is 33.9. The Labute approximate surface area is 259 Å². The van der Waals surface area contributed by atoms with E-state index in [2.05, 4.69) is 15.7 Å². The standard InChI is InChI=1S/C27H33Cl2N6O7P/c1-16(27(38)41-3)34-43(39,42-19-9-7-18(40-2)8-10-19)35-13-11-17(12-14-35)32-26(37)24(31)22(15-30)33-25(36)23-20(28)5-4-6-21(23)29/h4-10,15-17,31H,11-14,30H2,1-3H3,(H,32,37)(H,33,36)(H,34,39)/b22-15+,31-24?/t16-,43?/m0/s1. The lowest BCUT2D eigenvalue weighted by Gasteiger charge is -2.37. The van der Waals surface area contributed by atoms with Crippen LogP contribution in [-0.2, 0) is 18.9 Å². The van der Waals surface area contributed by atoms with Crippen molar-refractivity contribution >= 4 is 54.4 Å². The number of methoxy groups -OCH3 is 2. The van der Waals surface area contributed by atoms with Crippen molar-refractivity contribution in [1.82, 2.24) is 20.4 Å². The molecule has 2 amide bonds. The van der Waals surface area contributed by atoms with E-state index in [1.807, 2.05) is 0 Å². The fourth-order valence-corrected chi connectivity index (χ4v) is 6.82. The summed E-state index contributed by atoms with van der Waals surface area (Å²) in [5.74, 6) is -1.26. The van der Waals surface area contributed by atoms with Crippen LogP contribution >= 0.6 is 30.9 Å². The maximum atomic E-state index is 14.1. The Hall–Kier alpha value is -3.61. The van der Waals surface area contributed by atoms with Crippen LogP contribution in [0, 0.1) is 5.41 Å². The molecule has 2 aromatic rings. The molecule has 1 aliphatic rings. The second kappa shape index (κ2) is 15.2. The van der Waals surface area contributed by atoms with E-state index >= 15 is 0 Å². The molecule has 0 radical (unpaired) electrons. The summed E-state index contributed by atoms with van der Waals surface area (Å²) in [7, 11) is -1.08. The highest BCUT2D eigenvalue weighted by molar-refractivity contribution is 7.54. The molecule has 13 nitrogen and oxygen atoms in total. The zero-order chi connectivity index (χ0) is 31.7. The number of hydrogen-bond acceptors (Lipinski definition) is 9. The summed E-state index contributed by atoms with van der Waals surface area (Å²) in [4.78, 5) is 37.7. The van der Waals surface area contributed by atoms with E-state index in [-0.39, 0.29) is 34.4 Å². The highest BCUT2D eigenvalue weighted by atomic mass is 35.5. The van der Waals surface area contributed by atoms with E-state index in [1.165, 1.54) is 33.3 Å². The smallest absolute Gasteiger partial charge is 0.393 e. The van der Waals surface area contributed by atoms with Gasteiger partial charge in [-0.1, -0.05) is 29.3 Å². The van der Waals surface area contributed by atoms with E-state index < -0.39 is 43.2 Å². The van der Waals surface area contributed by atoms with Gasteiger partial charge in [0.05, 0.1) is 35.5 Å². The number of rotatable bonds is 12. The number of piperidine rings is 1. The molecule has 232 valence electrons. The number of amides is 2. The van der Waals surface area contributed by atoms with E-state index in [4.69, 9.17) is 48.3 Å². The first-order valence-electron chi connectivity index (χ1n) is 13.0. The normalized spacial score (nSPS) is 16.3. The van der Waals surface area contributed by atoms with Gasteiger partial charge in [-0.3, -0.25) is 19.8 Å². The lowest BCUT2D eigenvalue weighted by atomic mass is 10.1. The Morgan fingerprint density at radius 3 is 2.19 bits per heavy atom. The van der Waals surface area contributed by atoms with Crippen LogP contribution in [0.4, 0.5) is 0 Å². The molecule has 0 aliphatic carbocycles. The van der Waals surface area contributed by atoms with E-state index in [0.717, 1.165) is 6.20 Å². The SMILES string of the molecule is COC(=O)[C@H](C)NP(=O)(Oc1ccc(OC)cc1)N1CCC(NC(=O)C(=N)/C(=C\N)NC(=O)c2c(Cl)cccc2Cl)CC1. The molecule has 2 atom stereocenters. The number of nitrogens with two attached hydrogens (primary N) is 1. The van der Waals surface area contributed by atoms with Crippen molar-refractivity contribution in [1.29, 1.82) is 5.41 Å². The Bertz CT molecular complexity index is 1410. The summed E-state index contributed by atoms with van der Waals surface area (Å²) in [6.07, 6.45) is 1.60. The summed E-state index contributed by atoms with van der Waals surface area (Å²) >= 11 is 12.2. The van der Waals surface area contributed by atoms with Crippen molar-refractivity contribution in [2.75, 3.05) is 27.3 Å². The number of nitrogens with one attached hydrogen (secondary N) is 4. The van der Waals surface area contributed by atoms with Crippen LogP contribution in [0.2, 0.25) is 10.0 Å². The third kappa shape index (κ3) is 8.71. The minimum Gasteiger partial charge on any atom is -0.497 e. The molecule has 0 aromatic heterocycles. The topological polar surface area (TPSA) is 185 Å². The van der Waals surface area contributed by atoms with E-state index in [9.17, 15) is 18.9 Å². The van der Waals surface area contributed by atoms with E-state index in [1.54, 1.807) is 35.0 Å². The third-order valence-electron chi connectivity index (χ3n) is 6.48. The molecule has 2 aromatic carbocycles. The second-order valence-corrected chi connectivity index (χ2v) is 12.2. The second-order valence-electron chi connectivity index (χ2n) is 9.37. The van der Waals surface area contributed by atoms with Crippen LogP contribution in [0.25, 0.3) is 0 Å². The number of esters is 1. The maximum Gasteiger partial charge on any atom is 0.393 e. The van der Waals surface area contributed by atoms with Gasteiger partial charge in [-0.25, -0.2) is 14.3 Å². The first-order chi connectivity index (χ1) is 20.4. The molecular weight excluding hydrogens is 622 g/mol. The molecule has 6 N–H and O–H groups in total. The van der Waals surface area contributed by atoms with Crippen LogP contribution in [-0.4, -0.2) is 67.6 Å². The van der Waals surface area contributed by atoms with Crippen LogP contribution in [0.3, 0.4) is 0 Å². The van der Waals surface area contributed by atoms with Gasteiger partial charge in [0.1, 0.15) is 23.3 Å². The molecule has 1 aliphatic heterocycles. The summed E-state index contributed by atoms with van der Waals surface area (Å²) in [5, 5.41) is 16.4. The predicted molar refractivity (Wildman–Crippen MR) is 163 cm³/mol. The van der Waals surface area contributed by atoms with Gasteiger partial charge in [0, 0.05) is 25.3 Å². The molecule has 1 unspecified atom stereocenters. The lowest BCUT2D eigenvalue weighted by Crippen LogP contribution is -2.49. The van der Waals surface area contributed by atoms with Gasteiger partial charge >= 0.3 is 13.6 Å². The van der Waals surface area contributed by atoms with Crippen molar-refractivity contribution in [3.05, 3.63) is 70.0 Å². The van der Waals surface area contributed by atoms with Gasteiger partial charge in [-0.05, 0) is 56.2 Å².